The quantitative estimate of drug-likeness (QED) is 0.288. The largest absolute Gasteiger partial charge is 0.409 e. The summed E-state index contributed by atoms with van der Waals surface area (Å²) >= 11 is 5.30. The number of hydrogen-bond donors (Lipinski definition) is 2. The summed E-state index contributed by atoms with van der Waals surface area (Å²) in [5.41, 5.74) is 5.83. The Labute approximate surface area is 114 Å². The molecule has 3 nitrogen and oxygen atoms in total. The van der Waals surface area contributed by atoms with Crippen LogP contribution >= 0.6 is 27.7 Å². The minimum absolute atomic E-state index is 0.253. The van der Waals surface area contributed by atoms with Gasteiger partial charge in [0, 0.05) is 21.5 Å². The summed E-state index contributed by atoms with van der Waals surface area (Å²) < 4.78 is 1.10. The van der Waals surface area contributed by atoms with Crippen LogP contribution in [-0.2, 0) is 0 Å². The fourth-order valence-corrected chi connectivity index (χ4v) is 3.56. The first-order valence-electron chi connectivity index (χ1n) is 5.48. The van der Waals surface area contributed by atoms with Crippen LogP contribution in [0.5, 0.6) is 0 Å². The van der Waals surface area contributed by atoms with E-state index in [1.807, 2.05) is 23.9 Å². The Bertz CT molecular complexity index is 432. The molecule has 17 heavy (non-hydrogen) atoms. The molecule has 0 heterocycles. The molecule has 92 valence electrons. The van der Waals surface area contributed by atoms with Crippen molar-refractivity contribution >= 4 is 33.5 Å². The third kappa shape index (κ3) is 3.64. The summed E-state index contributed by atoms with van der Waals surface area (Å²) in [4.78, 5) is 1.25. The molecule has 0 bridgehead atoms. The average Bonchev–Trinajstić information content (AvgIpc) is 3.07. The number of rotatable bonds is 5. The SMILES string of the molecule is NC(CC1(CSc2cccc(Br)c2)CC1)=NO. The van der Waals surface area contributed by atoms with E-state index in [2.05, 4.69) is 33.2 Å². The van der Waals surface area contributed by atoms with E-state index in [1.54, 1.807) is 0 Å². The molecule has 0 saturated heterocycles. The monoisotopic (exact) mass is 314 g/mol. The molecule has 1 saturated carbocycles. The number of nitrogens with two attached hydrogens (primary N) is 1. The number of nitrogens with zero attached hydrogens (tertiary/aromatic N) is 1. The third-order valence-electron chi connectivity index (χ3n) is 2.98. The molecule has 0 aromatic heterocycles. The molecule has 0 amide bonds. The second-order valence-electron chi connectivity index (χ2n) is 4.51. The van der Waals surface area contributed by atoms with Gasteiger partial charge in [-0.3, -0.25) is 0 Å². The van der Waals surface area contributed by atoms with Crippen molar-refractivity contribution < 1.29 is 5.21 Å². The second-order valence-corrected chi connectivity index (χ2v) is 6.48. The average molecular weight is 315 g/mol. The molecule has 3 N–H and O–H groups in total. The normalized spacial score (nSPS) is 18.1. The summed E-state index contributed by atoms with van der Waals surface area (Å²) in [5.74, 6) is 1.37. The number of oxime groups is 1. The van der Waals surface area contributed by atoms with Crippen LogP contribution in [0.4, 0.5) is 0 Å². The molecular formula is C12H15BrN2OS. The fourth-order valence-electron chi connectivity index (χ4n) is 1.76. The van der Waals surface area contributed by atoms with E-state index >= 15 is 0 Å². The maximum Gasteiger partial charge on any atom is 0.139 e. The smallest absolute Gasteiger partial charge is 0.139 e. The molecule has 5 heteroatoms. The highest BCUT2D eigenvalue weighted by Crippen LogP contribution is 2.51. The number of benzene rings is 1. The predicted molar refractivity (Wildman–Crippen MR) is 74.6 cm³/mol. The Morgan fingerprint density at radius 2 is 2.29 bits per heavy atom. The molecule has 1 aromatic rings. The van der Waals surface area contributed by atoms with Crippen molar-refractivity contribution in [1.29, 1.82) is 0 Å². The van der Waals surface area contributed by atoms with E-state index < -0.39 is 0 Å². The molecule has 0 spiro atoms. The Hall–Kier alpha value is -0.680. The van der Waals surface area contributed by atoms with Crippen LogP contribution in [0, 0.1) is 5.41 Å². The van der Waals surface area contributed by atoms with Gasteiger partial charge in [-0.25, -0.2) is 0 Å². The number of amidine groups is 1. The first kappa shape index (κ1) is 12.8. The lowest BCUT2D eigenvalue weighted by atomic mass is 10.1. The Balaban J connectivity index is 1.90. The van der Waals surface area contributed by atoms with Gasteiger partial charge in [0.05, 0.1) is 0 Å². The minimum atomic E-state index is 0.253. The zero-order valence-corrected chi connectivity index (χ0v) is 11.8. The van der Waals surface area contributed by atoms with Crippen LogP contribution in [0.15, 0.2) is 38.8 Å². The van der Waals surface area contributed by atoms with Gasteiger partial charge in [0.2, 0.25) is 0 Å². The van der Waals surface area contributed by atoms with Crippen molar-refractivity contribution in [2.24, 2.45) is 16.3 Å². The van der Waals surface area contributed by atoms with Crippen LogP contribution in [0.1, 0.15) is 19.3 Å². The van der Waals surface area contributed by atoms with Crippen molar-refractivity contribution in [3.05, 3.63) is 28.7 Å². The molecule has 2 rings (SSSR count). The maximum absolute atomic E-state index is 8.60. The van der Waals surface area contributed by atoms with Crippen LogP contribution in [-0.4, -0.2) is 16.8 Å². The van der Waals surface area contributed by atoms with Crippen LogP contribution < -0.4 is 5.73 Å². The van der Waals surface area contributed by atoms with Crippen molar-refractivity contribution in [3.8, 4) is 0 Å². The van der Waals surface area contributed by atoms with Crippen LogP contribution in [0.25, 0.3) is 0 Å². The highest BCUT2D eigenvalue weighted by atomic mass is 79.9. The van der Waals surface area contributed by atoms with Crippen LogP contribution in [0.3, 0.4) is 0 Å². The van der Waals surface area contributed by atoms with Gasteiger partial charge in [-0.15, -0.1) is 11.8 Å². The highest BCUT2D eigenvalue weighted by molar-refractivity contribution is 9.10. The first-order chi connectivity index (χ1) is 8.13. The van der Waals surface area contributed by atoms with Crippen molar-refractivity contribution in [3.63, 3.8) is 0 Å². The van der Waals surface area contributed by atoms with E-state index in [0.29, 0.717) is 12.3 Å². The van der Waals surface area contributed by atoms with Crippen molar-refractivity contribution in [2.75, 3.05) is 5.75 Å². The number of hydrogen-bond acceptors (Lipinski definition) is 3. The Kier molecular flexibility index (Phi) is 3.99. The molecule has 0 aliphatic heterocycles. The van der Waals surface area contributed by atoms with E-state index in [-0.39, 0.29) is 5.41 Å². The number of halogens is 1. The molecule has 0 unspecified atom stereocenters. The maximum atomic E-state index is 8.60. The summed E-state index contributed by atoms with van der Waals surface area (Å²) in [6.45, 7) is 0. The van der Waals surface area contributed by atoms with Gasteiger partial charge >= 0.3 is 0 Å². The lowest BCUT2D eigenvalue weighted by Gasteiger charge is -2.13. The zero-order valence-electron chi connectivity index (χ0n) is 9.40. The van der Waals surface area contributed by atoms with E-state index in [4.69, 9.17) is 10.9 Å². The topological polar surface area (TPSA) is 58.6 Å². The van der Waals surface area contributed by atoms with Gasteiger partial charge in [0.1, 0.15) is 5.84 Å². The molecule has 1 aromatic carbocycles. The molecule has 0 atom stereocenters. The first-order valence-corrected chi connectivity index (χ1v) is 7.26. The van der Waals surface area contributed by atoms with Gasteiger partial charge < -0.3 is 10.9 Å². The van der Waals surface area contributed by atoms with Gasteiger partial charge in [-0.05, 0) is 36.5 Å². The number of thioether (sulfide) groups is 1. The van der Waals surface area contributed by atoms with Crippen molar-refractivity contribution in [2.45, 2.75) is 24.2 Å². The van der Waals surface area contributed by atoms with Crippen molar-refractivity contribution in [1.82, 2.24) is 0 Å². The summed E-state index contributed by atoms with van der Waals surface area (Å²) in [5, 5.41) is 11.7. The Morgan fingerprint density at radius 3 is 2.88 bits per heavy atom. The predicted octanol–water partition coefficient (Wildman–Crippen LogP) is 3.46. The molecule has 1 aliphatic rings. The third-order valence-corrected chi connectivity index (χ3v) is 4.82. The second kappa shape index (κ2) is 5.31. The lowest BCUT2D eigenvalue weighted by Crippen LogP contribution is -2.19. The van der Waals surface area contributed by atoms with E-state index in [1.165, 1.54) is 17.7 Å². The zero-order chi connectivity index (χ0) is 12.3. The molecule has 1 fully saturated rings. The standard InChI is InChI=1S/C12H15BrN2OS/c13-9-2-1-3-10(6-9)17-8-12(4-5-12)7-11(14)15-16/h1-3,6,16H,4-5,7-8H2,(H2,14,15). The van der Waals surface area contributed by atoms with Gasteiger partial charge in [-0.2, -0.15) is 0 Å². The highest BCUT2D eigenvalue weighted by Gasteiger charge is 2.43. The molecular weight excluding hydrogens is 300 g/mol. The minimum Gasteiger partial charge on any atom is -0.409 e. The van der Waals surface area contributed by atoms with Gasteiger partial charge in [0.15, 0.2) is 0 Å². The van der Waals surface area contributed by atoms with E-state index in [9.17, 15) is 0 Å². The van der Waals surface area contributed by atoms with Crippen LogP contribution in [0.2, 0.25) is 0 Å². The lowest BCUT2D eigenvalue weighted by molar-refractivity contribution is 0.315. The van der Waals surface area contributed by atoms with Gasteiger partial charge in [-0.1, -0.05) is 27.2 Å². The fraction of sp³-hybridized carbons (Fsp3) is 0.417. The molecule has 0 radical (unpaired) electrons. The summed E-state index contributed by atoms with van der Waals surface area (Å²) in [6.07, 6.45) is 3.04. The van der Waals surface area contributed by atoms with Gasteiger partial charge in [0.25, 0.3) is 0 Å². The molecule has 1 aliphatic carbocycles. The van der Waals surface area contributed by atoms with E-state index in [0.717, 1.165) is 10.2 Å². The summed E-state index contributed by atoms with van der Waals surface area (Å²) in [6, 6.07) is 8.28. The summed E-state index contributed by atoms with van der Waals surface area (Å²) in [7, 11) is 0. The Morgan fingerprint density at radius 1 is 1.53 bits per heavy atom.